The number of halogens is 1. The molecular formula is C23H24ClN3O. The molecule has 2 fully saturated rings. The summed E-state index contributed by atoms with van der Waals surface area (Å²) >= 11 is 6.40. The monoisotopic (exact) mass is 393 g/mol. The first-order valence-corrected chi connectivity index (χ1v) is 10.4. The van der Waals surface area contributed by atoms with Crippen molar-refractivity contribution in [3.8, 4) is 6.07 Å². The molecular weight excluding hydrogens is 370 g/mol. The van der Waals surface area contributed by atoms with Gasteiger partial charge in [-0.15, -0.1) is 0 Å². The van der Waals surface area contributed by atoms with Crippen LogP contribution in [-0.2, 0) is 4.79 Å². The van der Waals surface area contributed by atoms with Crippen molar-refractivity contribution in [1.82, 2.24) is 4.90 Å². The Morgan fingerprint density at radius 3 is 2.46 bits per heavy atom. The summed E-state index contributed by atoms with van der Waals surface area (Å²) in [5, 5.41) is 10.1. The SMILES string of the molecule is N#Cc1ccccc1N1CCC(C(=O)N2CCC[C@@H]2c2ccccc2Cl)CC1. The molecule has 0 spiro atoms. The molecule has 0 bridgehead atoms. The van der Waals surface area contributed by atoms with Crippen molar-refractivity contribution in [2.45, 2.75) is 31.7 Å². The van der Waals surface area contributed by atoms with Gasteiger partial charge in [0.15, 0.2) is 0 Å². The van der Waals surface area contributed by atoms with Gasteiger partial charge in [-0.2, -0.15) is 5.26 Å². The summed E-state index contributed by atoms with van der Waals surface area (Å²) in [5.41, 5.74) is 2.74. The number of benzene rings is 2. The van der Waals surface area contributed by atoms with Crippen LogP contribution in [0.2, 0.25) is 5.02 Å². The van der Waals surface area contributed by atoms with E-state index < -0.39 is 0 Å². The van der Waals surface area contributed by atoms with Crippen LogP contribution in [-0.4, -0.2) is 30.4 Å². The Labute approximate surface area is 171 Å². The predicted molar refractivity (Wildman–Crippen MR) is 111 cm³/mol. The van der Waals surface area contributed by atoms with E-state index in [-0.39, 0.29) is 17.9 Å². The molecule has 2 saturated heterocycles. The molecule has 2 heterocycles. The number of para-hydroxylation sites is 1. The minimum absolute atomic E-state index is 0.0496. The number of likely N-dealkylation sites (tertiary alicyclic amines) is 1. The Kier molecular flexibility index (Phi) is 5.54. The second kappa shape index (κ2) is 8.24. The lowest BCUT2D eigenvalue weighted by atomic mass is 9.93. The van der Waals surface area contributed by atoms with Crippen molar-refractivity contribution >= 4 is 23.2 Å². The second-order valence-electron chi connectivity index (χ2n) is 7.60. The fraction of sp³-hybridized carbons (Fsp3) is 0.391. The third-order valence-corrected chi connectivity index (χ3v) is 6.35. The maximum atomic E-state index is 13.3. The highest BCUT2D eigenvalue weighted by atomic mass is 35.5. The van der Waals surface area contributed by atoms with E-state index in [1.165, 1.54) is 0 Å². The van der Waals surface area contributed by atoms with Crippen LogP contribution in [0.4, 0.5) is 5.69 Å². The molecule has 0 saturated carbocycles. The van der Waals surface area contributed by atoms with Crippen molar-refractivity contribution in [3.63, 3.8) is 0 Å². The highest BCUT2D eigenvalue weighted by Crippen LogP contribution is 2.38. The van der Waals surface area contributed by atoms with Crippen molar-refractivity contribution < 1.29 is 4.79 Å². The van der Waals surface area contributed by atoms with Gasteiger partial charge < -0.3 is 9.80 Å². The first-order valence-electron chi connectivity index (χ1n) is 9.98. The molecule has 2 aliphatic heterocycles. The summed E-state index contributed by atoms with van der Waals surface area (Å²) in [6.07, 6.45) is 3.65. The van der Waals surface area contributed by atoms with Crippen molar-refractivity contribution in [3.05, 3.63) is 64.7 Å². The number of nitriles is 1. The number of nitrogens with zero attached hydrogens (tertiary/aromatic N) is 3. The molecule has 0 aliphatic carbocycles. The van der Waals surface area contributed by atoms with Crippen LogP contribution >= 0.6 is 11.6 Å². The molecule has 0 N–H and O–H groups in total. The molecule has 4 nitrogen and oxygen atoms in total. The van der Waals surface area contributed by atoms with E-state index in [1.54, 1.807) is 0 Å². The highest BCUT2D eigenvalue weighted by molar-refractivity contribution is 6.31. The fourth-order valence-electron chi connectivity index (χ4n) is 4.54. The van der Waals surface area contributed by atoms with E-state index in [2.05, 4.69) is 11.0 Å². The Morgan fingerprint density at radius 2 is 1.71 bits per heavy atom. The van der Waals surface area contributed by atoms with Gasteiger partial charge in [-0.3, -0.25) is 4.79 Å². The maximum Gasteiger partial charge on any atom is 0.226 e. The van der Waals surface area contributed by atoms with Gasteiger partial charge in [-0.1, -0.05) is 41.9 Å². The quantitative estimate of drug-likeness (QED) is 0.753. The molecule has 28 heavy (non-hydrogen) atoms. The number of carbonyl (C=O) groups excluding carboxylic acids is 1. The normalized spacial score (nSPS) is 20.2. The van der Waals surface area contributed by atoms with Crippen LogP contribution in [0.15, 0.2) is 48.5 Å². The smallest absolute Gasteiger partial charge is 0.226 e. The van der Waals surface area contributed by atoms with Crippen LogP contribution < -0.4 is 4.90 Å². The zero-order valence-corrected chi connectivity index (χ0v) is 16.6. The van der Waals surface area contributed by atoms with E-state index in [1.807, 2.05) is 53.4 Å². The van der Waals surface area contributed by atoms with Gasteiger partial charge in [-0.25, -0.2) is 0 Å². The summed E-state index contributed by atoms with van der Waals surface area (Å²) in [6, 6.07) is 17.9. The van der Waals surface area contributed by atoms with Gasteiger partial charge in [0.1, 0.15) is 6.07 Å². The van der Waals surface area contributed by atoms with E-state index >= 15 is 0 Å². The van der Waals surface area contributed by atoms with E-state index in [4.69, 9.17) is 11.6 Å². The van der Waals surface area contributed by atoms with E-state index in [0.29, 0.717) is 5.56 Å². The summed E-state index contributed by atoms with van der Waals surface area (Å²) in [4.78, 5) is 17.6. The maximum absolute atomic E-state index is 13.3. The number of carbonyl (C=O) groups is 1. The lowest BCUT2D eigenvalue weighted by Gasteiger charge is -2.36. The second-order valence-corrected chi connectivity index (χ2v) is 8.01. The lowest BCUT2D eigenvalue weighted by molar-refractivity contribution is -0.137. The topological polar surface area (TPSA) is 47.3 Å². The Hall–Kier alpha value is -2.51. The molecule has 0 aromatic heterocycles. The number of piperidine rings is 1. The first-order chi connectivity index (χ1) is 13.7. The van der Waals surface area contributed by atoms with Gasteiger partial charge in [-0.05, 0) is 49.4 Å². The first kappa shape index (κ1) is 18.8. The standard InChI is InChI=1S/C23H24ClN3O/c24-20-8-3-2-7-19(20)22-10-5-13-27(22)23(28)17-11-14-26(15-12-17)21-9-4-1-6-18(21)16-25/h1-4,6-9,17,22H,5,10-15H2/t22-/m1/s1. The molecule has 5 heteroatoms. The summed E-state index contributed by atoms with van der Waals surface area (Å²) in [7, 11) is 0. The van der Waals surface area contributed by atoms with Crippen molar-refractivity contribution in [2.75, 3.05) is 24.5 Å². The minimum Gasteiger partial charge on any atom is -0.370 e. The Bertz CT molecular complexity index is 899. The summed E-state index contributed by atoms with van der Waals surface area (Å²) in [5.74, 6) is 0.309. The van der Waals surface area contributed by atoms with Gasteiger partial charge in [0, 0.05) is 30.6 Å². The Morgan fingerprint density at radius 1 is 1.00 bits per heavy atom. The van der Waals surface area contributed by atoms with Gasteiger partial charge in [0.2, 0.25) is 5.91 Å². The van der Waals surface area contributed by atoms with E-state index in [9.17, 15) is 10.1 Å². The minimum atomic E-state index is 0.0496. The molecule has 2 aromatic carbocycles. The van der Waals surface area contributed by atoms with Crippen LogP contribution in [0.25, 0.3) is 0 Å². The summed E-state index contributed by atoms with van der Waals surface area (Å²) in [6.45, 7) is 2.42. The van der Waals surface area contributed by atoms with Crippen LogP contribution in [0, 0.1) is 17.2 Å². The lowest BCUT2D eigenvalue weighted by Crippen LogP contribution is -2.42. The van der Waals surface area contributed by atoms with Gasteiger partial charge in [0.05, 0.1) is 17.3 Å². The molecule has 2 aliphatic rings. The number of rotatable bonds is 3. The third kappa shape index (κ3) is 3.59. The van der Waals surface area contributed by atoms with Crippen molar-refractivity contribution in [2.24, 2.45) is 5.92 Å². The largest absolute Gasteiger partial charge is 0.370 e. The number of hydrogen-bond acceptors (Lipinski definition) is 3. The molecule has 144 valence electrons. The van der Waals surface area contributed by atoms with E-state index in [0.717, 1.165) is 61.6 Å². The summed E-state index contributed by atoms with van der Waals surface area (Å²) < 4.78 is 0. The highest BCUT2D eigenvalue weighted by Gasteiger charge is 2.36. The third-order valence-electron chi connectivity index (χ3n) is 6.01. The fourth-order valence-corrected chi connectivity index (χ4v) is 4.81. The van der Waals surface area contributed by atoms with Crippen molar-refractivity contribution in [1.29, 1.82) is 5.26 Å². The molecule has 0 unspecified atom stereocenters. The van der Waals surface area contributed by atoms with Gasteiger partial charge >= 0.3 is 0 Å². The Balaban J connectivity index is 1.44. The van der Waals surface area contributed by atoms with Gasteiger partial charge in [0.25, 0.3) is 0 Å². The molecule has 2 aromatic rings. The average molecular weight is 394 g/mol. The number of anilines is 1. The molecule has 0 radical (unpaired) electrons. The van der Waals surface area contributed by atoms with Crippen LogP contribution in [0.1, 0.15) is 42.9 Å². The van der Waals surface area contributed by atoms with Crippen LogP contribution in [0.5, 0.6) is 0 Å². The number of amides is 1. The van der Waals surface area contributed by atoms with Crippen LogP contribution in [0.3, 0.4) is 0 Å². The molecule has 1 amide bonds. The number of hydrogen-bond donors (Lipinski definition) is 0. The zero-order chi connectivity index (χ0) is 19.5. The zero-order valence-electron chi connectivity index (χ0n) is 15.9. The molecule has 4 rings (SSSR count). The molecule has 1 atom stereocenters. The average Bonchev–Trinajstić information content (AvgIpc) is 3.23. The predicted octanol–water partition coefficient (Wildman–Crippen LogP) is 4.79.